The van der Waals surface area contributed by atoms with E-state index in [2.05, 4.69) is 37.2 Å². The molecular weight excluding hydrogens is 184 g/mol. The topological polar surface area (TPSA) is 17.3 Å². The number of hydrogen-bond acceptors (Lipinski definition) is 1. The quantitative estimate of drug-likeness (QED) is 0.716. The maximum Gasteiger partial charge on any atom is 0.0691 e. The number of nitrogens with zero attached hydrogens (tertiary/aromatic N) is 1. The number of likely N-dealkylation sites (tertiary alicyclic amines) is 1. The number of aromatic nitrogens is 1. The van der Waals surface area contributed by atoms with Gasteiger partial charge in [0.2, 0.25) is 0 Å². The Morgan fingerprint density at radius 3 is 3.07 bits per heavy atom. The number of piperidine rings is 1. The average Bonchev–Trinajstić information content (AvgIpc) is 2.22. The molecule has 2 heterocycles. The Morgan fingerprint density at radius 1 is 1.47 bits per heavy atom. The SMILES string of the molecule is [CH2-][NH+]1CCCCC1Cc1cccc(C)n1. The van der Waals surface area contributed by atoms with E-state index in [1.165, 1.54) is 36.4 Å². The van der Waals surface area contributed by atoms with Crippen LogP contribution < -0.4 is 4.90 Å². The smallest absolute Gasteiger partial charge is 0.0691 e. The van der Waals surface area contributed by atoms with Crippen LogP contribution in [0, 0.1) is 14.0 Å². The van der Waals surface area contributed by atoms with Crippen LogP contribution in [-0.2, 0) is 6.42 Å². The summed E-state index contributed by atoms with van der Waals surface area (Å²) < 4.78 is 0. The van der Waals surface area contributed by atoms with Gasteiger partial charge in [-0.2, -0.15) is 7.05 Å². The third-order valence-corrected chi connectivity index (χ3v) is 3.28. The highest BCUT2D eigenvalue weighted by atomic mass is 15.1. The zero-order chi connectivity index (χ0) is 10.7. The minimum atomic E-state index is 0.674. The normalized spacial score (nSPS) is 26.5. The lowest BCUT2D eigenvalue weighted by Gasteiger charge is -2.34. The van der Waals surface area contributed by atoms with Gasteiger partial charge >= 0.3 is 0 Å². The molecule has 0 radical (unpaired) electrons. The predicted octanol–water partition coefficient (Wildman–Crippen LogP) is 1.16. The minimum Gasteiger partial charge on any atom is -0.465 e. The van der Waals surface area contributed by atoms with Gasteiger partial charge in [0.05, 0.1) is 12.6 Å². The summed E-state index contributed by atoms with van der Waals surface area (Å²) >= 11 is 0. The molecule has 1 N–H and O–H groups in total. The van der Waals surface area contributed by atoms with Gasteiger partial charge in [0, 0.05) is 17.8 Å². The van der Waals surface area contributed by atoms with Crippen molar-refractivity contribution in [3.05, 3.63) is 36.6 Å². The molecule has 0 aromatic carbocycles. The largest absolute Gasteiger partial charge is 0.465 e. The molecule has 1 aromatic heterocycles. The number of aryl methyl sites for hydroxylation is 1. The molecule has 1 aliphatic rings. The van der Waals surface area contributed by atoms with Crippen molar-refractivity contribution in [2.45, 2.75) is 38.6 Å². The van der Waals surface area contributed by atoms with Crippen molar-refractivity contribution in [2.75, 3.05) is 6.54 Å². The van der Waals surface area contributed by atoms with Crippen molar-refractivity contribution < 1.29 is 4.90 Å². The first-order chi connectivity index (χ1) is 7.25. The van der Waals surface area contributed by atoms with E-state index in [9.17, 15) is 0 Å². The maximum absolute atomic E-state index is 4.56. The summed E-state index contributed by atoms with van der Waals surface area (Å²) in [4.78, 5) is 6.00. The lowest BCUT2D eigenvalue weighted by Crippen LogP contribution is -3.12. The summed E-state index contributed by atoms with van der Waals surface area (Å²) in [5.74, 6) is 0. The summed E-state index contributed by atoms with van der Waals surface area (Å²) in [5, 5.41) is 0. The zero-order valence-electron chi connectivity index (χ0n) is 9.50. The molecule has 2 atom stereocenters. The van der Waals surface area contributed by atoms with Crippen molar-refractivity contribution >= 4 is 0 Å². The molecule has 0 aliphatic carbocycles. The van der Waals surface area contributed by atoms with Crippen LogP contribution in [0.4, 0.5) is 0 Å². The van der Waals surface area contributed by atoms with E-state index in [4.69, 9.17) is 0 Å². The van der Waals surface area contributed by atoms with E-state index < -0.39 is 0 Å². The van der Waals surface area contributed by atoms with Crippen molar-refractivity contribution in [2.24, 2.45) is 0 Å². The minimum absolute atomic E-state index is 0.674. The lowest BCUT2D eigenvalue weighted by molar-refractivity contribution is -0.886. The number of quaternary nitrogens is 1. The molecule has 1 aliphatic heterocycles. The summed E-state index contributed by atoms with van der Waals surface area (Å²) in [6.45, 7) is 3.27. The third kappa shape index (κ3) is 2.78. The van der Waals surface area contributed by atoms with Crippen LogP contribution in [0.3, 0.4) is 0 Å². The van der Waals surface area contributed by atoms with Crippen LogP contribution in [0.2, 0.25) is 0 Å². The van der Waals surface area contributed by atoms with Crippen LogP contribution in [0.25, 0.3) is 0 Å². The number of nitrogens with one attached hydrogen (secondary N) is 1. The molecule has 0 saturated carbocycles. The highest BCUT2D eigenvalue weighted by Gasteiger charge is 2.19. The van der Waals surface area contributed by atoms with E-state index in [0.29, 0.717) is 6.04 Å². The van der Waals surface area contributed by atoms with Crippen LogP contribution in [-0.4, -0.2) is 17.6 Å². The zero-order valence-corrected chi connectivity index (χ0v) is 9.50. The molecule has 2 rings (SSSR count). The van der Waals surface area contributed by atoms with Gasteiger partial charge in [-0.15, -0.1) is 0 Å². The fourth-order valence-electron chi connectivity index (χ4n) is 2.36. The first-order valence-corrected chi connectivity index (χ1v) is 5.86. The number of rotatable bonds is 2. The second-order valence-corrected chi connectivity index (χ2v) is 4.58. The van der Waals surface area contributed by atoms with E-state index in [1.807, 2.05) is 0 Å². The van der Waals surface area contributed by atoms with E-state index in [-0.39, 0.29) is 0 Å². The molecular formula is C13H20N2. The molecule has 2 nitrogen and oxygen atoms in total. The Balaban J connectivity index is 2.01. The molecule has 0 spiro atoms. The molecule has 82 valence electrons. The summed E-state index contributed by atoms with van der Waals surface area (Å²) in [6.07, 6.45) is 5.07. The van der Waals surface area contributed by atoms with Gasteiger partial charge in [0.25, 0.3) is 0 Å². The third-order valence-electron chi connectivity index (χ3n) is 3.28. The van der Waals surface area contributed by atoms with Crippen LogP contribution in [0.15, 0.2) is 18.2 Å². The summed E-state index contributed by atoms with van der Waals surface area (Å²) in [6, 6.07) is 6.96. The molecule has 0 bridgehead atoms. The summed E-state index contributed by atoms with van der Waals surface area (Å²) in [5.41, 5.74) is 2.34. The molecule has 1 aromatic rings. The Kier molecular flexibility index (Phi) is 3.37. The molecule has 2 unspecified atom stereocenters. The van der Waals surface area contributed by atoms with Crippen molar-refractivity contribution in [1.82, 2.24) is 4.98 Å². The van der Waals surface area contributed by atoms with Gasteiger partial charge in [-0.1, -0.05) is 6.07 Å². The highest BCUT2D eigenvalue weighted by molar-refractivity contribution is 5.10. The molecule has 0 amide bonds. The monoisotopic (exact) mass is 204 g/mol. The highest BCUT2D eigenvalue weighted by Crippen LogP contribution is 2.08. The fourth-order valence-corrected chi connectivity index (χ4v) is 2.36. The van der Waals surface area contributed by atoms with Gasteiger partial charge in [-0.3, -0.25) is 4.98 Å². The maximum atomic E-state index is 4.56. The molecule has 2 heteroatoms. The van der Waals surface area contributed by atoms with Crippen LogP contribution in [0.1, 0.15) is 30.7 Å². The van der Waals surface area contributed by atoms with Crippen LogP contribution >= 0.6 is 0 Å². The van der Waals surface area contributed by atoms with Crippen molar-refractivity contribution in [3.63, 3.8) is 0 Å². The van der Waals surface area contributed by atoms with Gasteiger partial charge in [0.1, 0.15) is 0 Å². The van der Waals surface area contributed by atoms with Crippen LogP contribution in [0.5, 0.6) is 0 Å². The Hall–Kier alpha value is -0.890. The van der Waals surface area contributed by atoms with E-state index >= 15 is 0 Å². The Bertz CT molecular complexity index is 322. The fraction of sp³-hybridized carbons (Fsp3) is 0.538. The van der Waals surface area contributed by atoms with E-state index in [0.717, 1.165) is 12.1 Å². The molecule has 1 saturated heterocycles. The number of hydrogen-bond donors (Lipinski definition) is 1. The first kappa shape index (κ1) is 10.6. The van der Waals surface area contributed by atoms with Gasteiger partial charge in [-0.25, -0.2) is 0 Å². The lowest BCUT2D eigenvalue weighted by atomic mass is 9.98. The average molecular weight is 204 g/mol. The van der Waals surface area contributed by atoms with Gasteiger partial charge in [0.15, 0.2) is 0 Å². The molecule has 15 heavy (non-hydrogen) atoms. The van der Waals surface area contributed by atoms with Crippen molar-refractivity contribution in [1.29, 1.82) is 0 Å². The van der Waals surface area contributed by atoms with Gasteiger partial charge < -0.3 is 4.90 Å². The predicted molar refractivity (Wildman–Crippen MR) is 61.5 cm³/mol. The standard InChI is InChI=1S/C13H20N2/c1-11-6-5-7-12(14-11)10-13-8-3-4-9-15(13)2/h5-7,13,15H,2-4,8-10H2,1H3. The van der Waals surface area contributed by atoms with Crippen molar-refractivity contribution in [3.8, 4) is 0 Å². The second kappa shape index (κ2) is 4.75. The second-order valence-electron chi connectivity index (χ2n) is 4.58. The Labute approximate surface area is 92.3 Å². The van der Waals surface area contributed by atoms with E-state index in [1.54, 1.807) is 0 Å². The molecule has 1 fully saturated rings. The Morgan fingerprint density at radius 2 is 2.33 bits per heavy atom. The number of pyridine rings is 1. The summed E-state index contributed by atoms with van der Waals surface area (Å²) in [7, 11) is 4.19. The first-order valence-electron chi connectivity index (χ1n) is 5.86. The van der Waals surface area contributed by atoms with Gasteiger partial charge in [-0.05, 0) is 38.3 Å².